The lowest BCUT2D eigenvalue weighted by atomic mass is 9.95. The molecule has 0 spiro atoms. The van der Waals surface area contributed by atoms with Crippen molar-refractivity contribution < 1.29 is 0 Å². The molecule has 0 aromatic rings. The molecule has 2 rings (SSSR count). The van der Waals surface area contributed by atoms with Crippen LogP contribution >= 0.6 is 0 Å². The molecule has 1 N–H and O–H groups in total. The van der Waals surface area contributed by atoms with E-state index in [0.717, 1.165) is 12.1 Å². The molecule has 18 heavy (non-hydrogen) atoms. The molecule has 0 saturated carbocycles. The first-order valence-corrected chi connectivity index (χ1v) is 7.66. The molecule has 0 aromatic heterocycles. The Morgan fingerprint density at radius 3 is 1.94 bits per heavy atom. The molecule has 2 fully saturated rings. The van der Waals surface area contributed by atoms with E-state index in [2.05, 4.69) is 42.9 Å². The van der Waals surface area contributed by atoms with Gasteiger partial charge in [0.25, 0.3) is 0 Å². The van der Waals surface area contributed by atoms with Gasteiger partial charge in [0.05, 0.1) is 0 Å². The molecular weight excluding hydrogens is 222 g/mol. The van der Waals surface area contributed by atoms with Gasteiger partial charge in [-0.1, -0.05) is 0 Å². The minimum absolute atomic E-state index is 0.346. The van der Waals surface area contributed by atoms with E-state index < -0.39 is 0 Å². The SMILES string of the molecule is CN(C1CCNCC1)C1CCN(C(C)(C)C)CC1. The fourth-order valence-corrected chi connectivity index (χ4v) is 3.46. The average molecular weight is 253 g/mol. The molecule has 0 aromatic carbocycles. The van der Waals surface area contributed by atoms with Crippen LogP contribution in [0.5, 0.6) is 0 Å². The molecule has 0 amide bonds. The Bertz CT molecular complexity index is 245. The largest absolute Gasteiger partial charge is 0.317 e. The van der Waals surface area contributed by atoms with Gasteiger partial charge in [-0.25, -0.2) is 0 Å². The summed E-state index contributed by atoms with van der Waals surface area (Å²) in [4.78, 5) is 5.32. The lowest BCUT2D eigenvalue weighted by Crippen LogP contribution is -2.53. The number of nitrogens with zero attached hydrogens (tertiary/aromatic N) is 2. The summed E-state index contributed by atoms with van der Waals surface area (Å²) >= 11 is 0. The summed E-state index contributed by atoms with van der Waals surface area (Å²) in [6.07, 6.45) is 5.35. The molecule has 106 valence electrons. The zero-order chi connectivity index (χ0) is 13.2. The summed E-state index contributed by atoms with van der Waals surface area (Å²) in [6, 6.07) is 1.63. The summed E-state index contributed by atoms with van der Waals surface area (Å²) < 4.78 is 0. The molecular formula is C15H31N3. The predicted molar refractivity (Wildman–Crippen MR) is 78.0 cm³/mol. The fraction of sp³-hybridized carbons (Fsp3) is 1.00. The van der Waals surface area contributed by atoms with Gasteiger partial charge in [0.15, 0.2) is 0 Å². The van der Waals surface area contributed by atoms with E-state index >= 15 is 0 Å². The Hall–Kier alpha value is -0.120. The molecule has 0 unspecified atom stereocenters. The second kappa shape index (κ2) is 5.89. The Morgan fingerprint density at radius 2 is 1.44 bits per heavy atom. The van der Waals surface area contributed by atoms with Crippen LogP contribution in [-0.4, -0.2) is 60.6 Å². The third-order valence-corrected chi connectivity index (χ3v) is 4.87. The smallest absolute Gasteiger partial charge is 0.0125 e. The van der Waals surface area contributed by atoms with Crippen molar-refractivity contribution in [1.29, 1.82) is 0 Å². The Morgan fingerprint density at radius 1 is 0.944 bits per heavy atom. The second-order valence-electron chi connectivity index (χ2n) is 7.04. The number of piperidine rings is 2. The van der Waals surface area contributed by atoms with Gasteiger partial charge in [-0.2, -0.15) is 0 Å². The van der Waals surface area contributed by atoms with E-state index in [1.54, 1.807) is 0 Å². The third kappa shape index (κ3) is 3.46. The van der Waals surface area contributed by atoms with E-state index in [1.807, 2.05) is 0 Å². The zero-order valence-electron chi connectivity index (χ0n) is 12.7. The molecule has 3 heteroatoms. The van der Waals surface area contributed by atoms with Crippen molar-refractivity contribution >= 4 is 0 Å². The van der Waals surface area contributed by atoms with E-state index in [-0.39, 0.29) is 0 Å². The van der Waals surface area contributed by atoms with Crippen molar-refractivity contribution in [2.24, 2.45) is 0 Å². The Labute approximate surface area is 113 Å². The standard InChI is InChI=1S/C15H31N3/c1-15(2,3)18-11-7-14(8-12-18)17(4)13-5-9-16-10-6-13/h13-14,16H,5-12H2,1-4H3. The van der Waals surface area contributed by atoms with Crippen molar-refractivity contribution in [2.75, 3.05) is 33.2 Å². The third-order valence-electron chi connectivity index (χ3n) is 4.87. The Kier molecular flexibility index (Phi) is 4.68. The highest BCUT2D eigenvalue weighted by Crippen LogP contribution is 2.25. The van der Waals surface area contributed by atoms with Crippen molar-refractivity contribution in [3.8, 4) is 0 Å². The van der Waals surface area contributed by atoms with E-state index in [1.165, 1.54) is 51.9 Å². The van der Waals surface area contributed by atoms with E-state index in [4.69, 9.17) is 0 Å². The minimum Gasteiger partial charge on any atom is -0.317 e. The number of nitrogens with one attached hydrogen (secondary N) is 1. The van der Waals surface area contributed by atoms with Crippen molar-refractivity contribution in [3.05, 3.63) is 0 Å². The number of rotatable bonds is 2. The van der Waals surface area contributed by atoms with Crippen molar-refractivity contribution in [1.82, 2.24) is 15.1 Å². The monoisotopic (exact) mass is 253 g/mol. The van der Waals surface area contributed by atoms with Gasteiger partial charge < -0.3 is 10.2 Å². The summed E-state index contributed by atoms with van der Waals surface area (Å²) in [6.45, 7) is 12.0. The van der Waals surface area contributed by atoms with Gasteiger partial charge in [-0.05, 0) is 66.6 Å². The van der Waals surface area contributed by atoms with Crippen LogP contribution in [0.1, 0.15) is 46.5 Å². The molecule has 0 atom stereocenters. The molecule has 2 aliphatic heterocycles. The van der Waals surface area contributed by atoms with Crippen molar-refractivity contribution in [2.45, 2.75) is 64.1 Å². The molecule has 2 aliphatic rings. The lowest BCUT2D eigenvalue weighted by Gasteiger charge is -2.45. The number of hydrogen-bond donors (Lipinski definition) is 1. The summed E-state index contributed by atoms with van der Waals surface area (Å²) in [5.41, 5.74) is 0.346. The summed E-state index contributed by atoms with van der Waals surface area (Å²) in [5, 5.41) is 3.46. The molecule has 0 bridgehead atoms. The highest BCUT2D eigenvalue weighted by molar-refractivity contribution is 4.87. The highest BCUT2D eigenvalue weighted by Gasteiger charge is 2.31. The van der Waals surface area contributed by atoms with Gasteiger partial charge in [0, 0.05) is 30.7 Å². The van der Waals surface area contributed by atoms with Crippen LogP contribution in [0.4, 0.5) is 0 Å². The molecule has 0 radical (unpaired) electrons. The molecule has 3 nitrogen and oxygen atoms in total. The maximum atomic E-state index is 3.46. The molecule has 2 saturated heterocycles. The van der Waals surface area contributed by atoms with Crippen LogP contribution in [0.3, 0.4) is 0 Å². The lowest BCUT2D eigenvalue weighted by molar-refractivity contribution is 0.0443. The first-order chi connectivity index (χ1) is 8.48. The molecule has 2 heterocycles. The van der Waals surface area contributed by atoms with Crippen LogP contribution in [0.2, 0.25) is 0 Å². The van der Waals surface area contributed by atoms with Crippen LogP contribution in [0.25, 0.3) is 0 Å². The summed E-state index contributed by atoms with van der Waals surface area (Å²) in [7, 11) is 2.35. The minimum atomic E-state index is 0.346. The quantitative estimate of drug-likeness (QED) is 0.811. The highest BCUT2D eigenvalue weighted by atomic mass is 15.2. The molecule has 0 aliphatic carbocycles. The maximum absolute atomic E-state index is 3.46. The van der Waals surface area contributed by atoms with Crippen LogP contribution in [0, 0.1) is 0 Å². The average Bonchev–Trinajstić information content (AvgIpc) is 2.38. The van der Waals surface area contributed by atoms with Crippen LogP contribution < -0.4 is 5.32 Å². The topological polar surface area (TPSA) is 18.5 Å². The predicted octanol–water partition coefficient (Wildman–Crippen LogP) is 1.93. The van der Waals surface area contributed by atoms with Gasteiger partial charge >= 0.3 is 0 Å². The summed E-state index contributed by atoms with van der Waals surface area (Å²) in [5.74, 6) is 0. The maximum Gasteiger partial charge on any atom is 0.0125 e. The first-order valence-electron chi connectivity index (χ1n) is 7.66. The zero-order valence-corrected chi connectivity index (χ0v) is 12.7. The van der Waals surface area contributed by atoms with Gasteiger partial charge in [-0.15, -0.1) is 0 Å². The van der Waals surface area contributed by atoms with Crippen LogP contribution in [0.15, 0.2) is 0 Å². The first kappa shape index (κ1) is 14.3. The second-order valence-corrected chi connectivity index (χ2v) is 7.04. The van der Waals surface area contributed by atoms with Gasteiger partial charge in [-0.3, -0.25) is 4.90 Å². The van der Waals surface area contributed by atoms with Gasteiger partial charge in [0.1, 0.15) is 0 Å². The van der Waals surface area contributed by atoms with E-state index in [9.17, 15) is 0 Å². The number of hydrogen-bond acceptors (Lipinski definition) is 3. The van der Waals surface area contributed by atoms with Crippen molar-refractivity contribution in [3.63, 3.8) is 0 Å². The fourth-order valence-electron chi connectivity index (χ4n) is 3.46. The normalized spacial score (nSPS) is 25.8. The van der Waals surface area contributed by atoms with Crippen LogP contribution in [-0.2, 0) is 0 Å². The Balaban J connectivity index is 1.81. The van der Waals surface area contributed by atoms with Gasteiger partial charge in [0.2, 0.25) is 0 Å². The number of likely N-dealkylation sites (tertiary alicyclic amines) is 1. The van der Waals surface area contributed by atoms with E-state index in [0.29, 0.717) is 5.54 Å².